The number of hydrogen-bond donors (Lipinski definition) is 1. The normalized spacial score (nSPS) is 15.9. The first-order valence-electron chi connectivity index (χ1n) is 10.6. The first kappa shape index (κ1) is 22.2. The van der Waals surface area contributed by atoms with E-state index in [0.717, 1.165) is 32.7 Å². The summed E-state index contributed by atoms with van der Waals surface area (Å²) in [5.41, 5.74) is 1.53. The highest BCUT2D eigenvalue weighted by Crippen LogP contribution is 2.12. The lowest BCUT2D eigenvalue weighted by molar-refractivity contribution is 0.0659. The van der Waals surface area contributed by atoms with Gasteiger partial charge in [-0.1, -0.05) is 42.5 Å². The largest absolute Gasteiger partial charge is 0.447 e. The number of carbonyl (C=O) groups is 1. The van der Waals surface area contributed by atoms with Crippen LogP contribution in [0.2, 0.25) is 0 Å². The first-order chi connectivity index (χ1) is 14.6. The highest BCUT2D eigenvalue weighted by Gasteiger charge is 2.23. The first-order valence-corrected chi connectivity index (χ1v) is 10.6. The predicted molar refractivity (Wildman–Crippen MR) is 117 cm³/mol. The Bertz CT molecular complexity index is 811. The third kappa shape index (κ3) is 6.26. The van der Waals surface area contributed by atoms with Crippen LogP contribution in [0.1, 0.15) is 35.8 Å². The van der Waals surface area contributed by atoms with E-state index in [1.54, 1.807) is 4.90 Å². The Morgan fingerprint density at radius 3 is 2.57 bits per heavy atom. The van der Waals surface area contributed by atoms with Crippen molar-refractivity contribution in [3.63, 3.8) is 0 Å². The van der Waals surface area contributed by atoms with Crippen molar-refractivity contribution in [2.75, 3.05) is 45.9 Å². The van der Waals surface area contributed by atoms with Gasteiger partial charge in [0, 0.05) is 45.3 Å². The molecule has 1 saturated heterocycles. The molecule has 7 nitrogen and oxygen atoms in total. The molecule has 30 heavy (non-hydrogen) atoms. The molecule has 0 spiro atoms. The van der Waals surface area contributed by atoms with Crippen LogP contribution >= 0.6 is 0 Å². The molecule has 0 atom stereocenters. The molecule has 3 rings (SSSR count). The van der Waals surface area contributed by atoms with E-state index in [1.807, 2.05) is 32.0 Å². The molecular formula is C23H32N4O3. The van der Waals surface area contributed by atoms with Crippen molar-refractivity contribution in [2.24, 2.45) is 0 Å². The van der Waals surface area contributed by atoms with E-state index in [1.165, 1.54) is 11.8 Å². The predicted octanol–water partition coefficient (Wildman–Crippen LogP) is 2.35. The summed E-state index contributed by atoms with van der Waals surface area (Å²) in [7, 11) is 0. The molecule has 1 aliphatic heterocycles. The van der Waals surface area contributed by atoms with E-state index in [-0.39, 0.29) is 18.6 Å². The Morgan fingerprint density at radius 2 is 1.90 bits per heavy atom. The van der Waals surface area contributed by atoms with Crippen LogP contribution in [0.15, 0.2) is 47.1 Å². The second-order valence-electron chi connectivity index (χ2n) is 7.83. The lowest BCUT2D eigenvalue weighted by Gasteiger charge is -2.33. The number of carbonyl (C=O) groups excluding carboxylic acids is 1. The van der Waals surface area contributed by atoms with E-state index >= 15 is 0 Å². The third-order valence-electron chi connectivity index (χ3n) is 5.29. The number of piperazine rings is 1. The van der Waals surface area contributed by atoms with Crippen LogP contribution in [-0.2, 0) is 6.54 Å². The fourth-order valence-corrected chi connectivity index (χ4v) is 3.55. The highest BCUT2D eigenvalue weighted by atomic mass is 16.3. The number of benzene rings is 1. The van der Waals surface area contributed by atoms with Crippen molar-refractivity contribution in [2.45, 2.75) is 26.4 Å². The number of oxazole rings is 1. The summed E-state index contributed by atoms with van der Waals surface area (Å²) in [6, 6.07) is 10.3. The van der Waals surface area contributed by atoms with Gasteiger partial charge >= 0.3 is 0 Å². The molecule has 1 aromatic heterocycles. The molecule has 1 N–H and O–H groups in total. The number of aliphatic hydroxyl groups is 1. The van der Waals surface area contributed by atoms with E-state index in [0.29, 0.717) is 24.7 Å². The number of nitrogens with zero attached hydrogens (tertiary/aromatic N) is 4. The second-order valence-corrected chi connectivity index (χ2v) is 7.83. The van der Waals surface area contributed by atoms with Gasteiger partial charge in [-0.15, -0.1) is 0 Å². The molecule has 2 heterocycles. The fourth-order valence-electron chi connectivity index (χ4n) is 3.55. The Hall–Kier alpha value is -2.48. The molecule has 0 unspecified atom stereocenters. The molecule has 0 bridgehead atoms. The molecule has 1 aromatic carbocycles. The minimum atomic E-state index is -0.205. The van der Waals surface area contributed by atoms with Crippen molar-refractivity contribution in [1.29, 1.82) is 0 Å². The highest BCUT2D eigenvalue weighted by molar-refractivity contribution is 5.92. The zero-order valence-electron chi connectivity index (χ0n) is 17.9. The topological polar surface area (TPSA) is 73.1 Å². The summed E-state index contributed by atoms with van der Waals surface area (Å²) >= 11 is 0. The van der Waals surface area contributed by atoms with E-state index < -0.39 is 0 Å². The molecule has 0 radical (unpaired) electrons. The summed E-state index contributed by atoms with van der Waals surface area (Å²) in [6.07, 6.45) is 5.80. The summed E-state index contributed by atoms with van der Waals surface area (Å²) in [5, 5.41) is 9.18. The van der Waals surface area contributed by atoms with Gasteiger partial charge in [0.25, 0.3) is 5.91 Å². The zero-order chi connectivity index (χ0) is 21.3. The van der Waals surface area contributed by atoms with Crippen LogP contribution in [-0.4, -0.2) is 82.6 Å². The molecule has 1 amide bonds. The van der Waals surface area contributed by atoms with Gasteiger partial charge < -0.3 is 14.4 Å². The standard InChI is InChI=1S/C23H32N4O3/c1-19(2)27(15-16-28)23(29)21-18-30-22(24-21)17-26-13-11-25(12-14-26)10-6-9-20-7-4-3-5-8-20/h3-9,18-19,28H,10-17H2,1-2H3/b9-6+. The van der Waals surface area contributed by atoms with Gasteiger partial charge in [-0.05, 0) is 19.4 Å². The van der Waals surface area contributed by atoms with Crippen molar-refractivity contribution in [1.82, 2.24) is 19.7 Å². The molecule has 0 aliphatic carbocycles. The Kier molecular flexibility index (Phi) is 8.19. The monoisotopic (exact) mass is 412 g/mol. The Balaban J connectivity index is 1.45. The zero-order valence-corrected chi connectivity index (χ0v) is 17.9. The summed E-state index contributed by atoms with van der Waals surface area (Å²) < 4.78 is 5.55. The van der Waals surface area contributed by atoms with Crippen molar-refractivity contribution in [3.8, 4) is 0 Å². The minimum absolute atomic E-state index is 0.00572. The van der Waals surface area contributed by atoms with Crippen molar-refractivity contribution in [3.05, 3.63) is 59.8 Å². The van der Waals surface area contributed by atoms with Gasteiger partial charge in [0.15, 0.2) is 5.69 Å². The van der Waals surface area contributed by atoms with Gasteiger partial charge in [-0.3, -0.25) is 14.6 Å². The van der Waals surface area contributed by atoms with Crippen LogP contribution in [0.3, 0.4) is 0 Å². The van der Waals surface area contributed by atoms with E-state index in [4.69, 9.17) is 4.42 Å². The molecule has 0 saturated carbocycles. The summed E-state index contributed by atoms with van der Waals surface area (Å²) in [5.74, 6) is 0.354. The molecule has 2 aromatic rings. The van der Waals surface area contributed by atoms with E-state index in [2.05, 4.69) is 39.1 Å². The van der Waals surface area contributed by atoms with Crippen LogP contribution in [0, 0.1) is 0 Å². The quantitative estimate of drug-likeness (QED) is 0.682. The number of aromatic nitrogens is 1. The lowest BCUT2D eigenvalue weighted by Crippen LogP contribution is -2.45. The van der Waals surface area contributed by atoms with Crippen molar-refractivity contribution >= 4 is 12.0 Å². The Labute approximate surface area is 178 Å². The molecule has 7 heteroatoms. The van der Waals surface area contributed by atoms with Gasteiger partial charge in [0.05, 0.1) is 13.2 Å². The lowest BCUT2D eigenvalue weighted by atomic mass is 10.2. The SMILES string of the molecule is CC(C)N(CCO)C(=O)c1coc(CN2CCN(C/C=C/c3ccccc3)CC2)n1. The van der Waals surface area contributed by atoms with Crippen LogP contribution in [0.25, 0.3) is 6.08 Å². The number of aliphatic hydroxyl groups excluding tert-OH is 1. The molecular weight excluding hydrogens is 380 g/mol. The van der Waals surface area contributed by atoms with Gasteiger partial charge in [-0.2, -0.15) is 0 Å². The molecule has 162 valence electrons. The smallest absolute Gasteiger partial charge is 0.276 e. The average Bonchev–Trinajstić information content (AvgIpc) is 3.22. The Morgan fingerprint density at radius 1 is 1.20 bits per heavy atom. The van der Waals surface area contributed by atoms with Crippen LogP contribution in [0.5, 0.6) is 0 Å². The third-order valence-corrected chi connectivity index (χ3v) is 5.29. The number of rotatable bonds is 9. The summed E-state index contributed by atoms with van der Waals surface area (Å²) in [4.78, 5) is 23.3. The van der Waals surface area contributed by atoms with Crippen molar-refractivity contribution < 1.29 is 14.3 Å². The fraction of sp³-hybridized carbons (Fsp3) is 0.478. The maximum absolute atomic E-state index is 12.6. The molecule has 1 fully saturated rings. The molecule has 1 aliphatic rings. The number of amides is 1. The van der Waals surface area contributed by atoms with E-state index in [9.17, 15) is 9.90 Å². The average molecular weight is 413 g/mol. The van der Waals surface area contributed by atoms with Gasteiger partial charge in [-0.25, -0.2) is 4.98 Å². The van der Waals surface area contributed by atoms with Crippen LogP contribution < -0.4 is 0 Å². The van der Waals surface area contributed by atoms with Crippen LogP contribution in [0.4, 0.5) is 0 Å². The number of hydrogen-bond acceptors (Lipinski definition) is 6. The maximum Gasteiger partial charge on any atom is 0.276 e. The second kappa shape index (κ2) is 11.1. The minimum Gasteiger partial charge on any atom is -0.447 e. The van der Waals surface area contributed by atoms with Gasteiger partial charge in [0.1, 0.15) is 6.26 Å². The summed E-state index contributed by atoms with van der Waals surface area (Å²) in [6.45, 7) is 9.46. The maximum atomic E-state index is 12.6. The van der Waals surface area contributed by atoms with Gasteiger partial charge in [0.2, 0.25) is 5.89 Å².